The summed E-state index contributed by atoms with van der Waals surface area (Å²) in [5.74, 6) is 2.47. The molecule has 0 saturated heterocycles. The normalized spacial score (nSPS) is 17.7. The third-order valence-electron chi connectivity index (χ3n) is 14.9. The first-order valence-electron chi connectivity index (χ1n) is 30.1. The summed E-state index contributed by atoms with van der Waals surface area (Å²) in [6, 6.07) is 20.4. The van der Waals surface area contributed by atoms with Gasteiger partial charge in [-0.05, 0) is 194 Å². The SMILES string of the molecule is C=CC(=O)OCCCCCCOC(=C)/C=C\C(=C)OC(=O)C1CCC(CO)CC1.C=CC(=O)OCCCCCCOc1ccc(OC(=O)C2CCC(C)CC2)cc1.OCOc1ccc(O)c(/C=N/N(c2nc3ccccc3s2)C2CCCCC2)c1. The molecule has 0 atom stereocenters. The minimum absolute atomic E-state index is 0.0346. The molecule has 0 bridgehead atoms. The molecule has 3 N–H and O–H groups in total. The number of aromatic hydroxyl groups is 1. The molecule has 3 saturated carbocycles. The highest BCUT2D eigenvalue weighted by Crippen LogP contribution is 2.35. The van der Waals surface area contributed by atoms with Crippen LogP contribution in [0.3, 0.4) is 0 Å². The Kier molecular flexibility index (Phi) is 31.7. The highest BCUT2D eigenvalue weighted by atomic mass is 32.1. The molecular formula is C67H89N3O14S. The summed E-state index contributed by atoms with van der Waals surface area (Å²) in [4.78, 5) is 50.9. The lowest BCUT2D eigenvalue weighted by molar-refractivity contribution is -0.145. The van der Waals surface area contributed by atoms with Crippen molar-refractivity contribution in [2.75, 3.05) is 44.8 Å². The van der Waals surface area contributed by atoms with Crippen LogP contribution < -0.4 is 19.2 Å². The number of unbranched alkanes of at least 4 members (excludes halogenated alkanes) is 6. The molecular weight excluding hydrogens is 1100 g/mol. The van der Waals surface area contributed by atoms with Crippen molar-refractivity contribution in [1.82, 2.24) is 4.98 Å². The Balaban J connectivity index is 0.000000233. The number of carbonyl (C=O) groups is 4. The molecule has 85 heavy (non-hydrogen) atoms. The van der Waals surface area contributed by atoms with Crippen molar-refractivity contribution in [3.05, 3.63) is 134 Å². The second-order valence-electron chi connectivity index (χ2n) is 21.5. The molecule has 0 spiro atoms. The number of nitrogens with zero attached hydrogens (tertiary/aromatic N) is 3. The lowest BCUT2D eigenvalue weighted by atomic mass is 9.82. The molecule has 3 aliphatic rings. The van der Waals surface area contributed by atoms with Crippen molar-refractivity contribution in [3.63, 3.8) is 0 Å². The highest BCUT2D eigenvalue weighted by molar-refractivity contribution is 7.22. The molecule has 3 aliphatic carbocycles. The van der Waals surface area contributed by atoms with Gasteiger partial charge in [0.15, 0.2) is 6.79 Å². The van der Waals surface area contributed by atoms with Crippen LogP contribution in [0.15, 0.2) is 134 Å². The molecule has 0 aliphatic heterocycles. The number of phenols is 1. The summed E-state index contributed by atoms with van der Waals surface area (Å²) in [7, 11) is 0. The molecule has 0 unspecified atom stereocenters. The smallest absolute Gasteiger partial charge is 0.330 e. The molecule has 3 aromatic carbocycles. The maximum Gasteiger partial charge on any atom is 0.330 e. The summed E-state index contributed by atoms with van der Waals surface area (Å²) < 4.78 is 38.1. The van der Waals surface area contributed by atoms with Crippen molar-refractivity contribution < 1.29 is 67.7 Å². The van der Waals surface area contributed by atoms with Gasteiger partial charge >= 0.3 is 23.9 Å². The number of ether oxygens (including phenoxy) is 7. The second kappa shape index (κ2) is 39.4. The maximum atomic E-state index is 12.2. The molecule has 1 heterocycles. The number of hydrazone groups is 1. The van der Waals surface area contributed by atoms with E-state index in [0.29, 0.717) is 61.2 Å². The van der Waals surface area contributed by atoms with E-state index in [1.54, 1.807) is 54.0 Å². The highest BCUT2D eigenvalue weighted by Gasteiger charge is 2.28. The summed E-state index contributed by atoms with van der Waals surface area (Å²) in [5, 5.41) is 35.9. The maximum absolute atomic E-state index is 12.2. The first-order chi connectivity index (χ1) is 41.3. The van der Waals surface area contributed by atoms with E-state index in [0.717, 1.165) is 149 Å². The van der Waals surface area contributed by atoms with Gasteiger partial charge in [0.25, 0.3) is 0 Å². The van der Waals surface area contributed by atoms with E-state index in [4.69, 9.17) is 53.5 Å². The zero-order valence-electron chi connectivity index (χ0n) is 49.6. The Morgan fingerprint density at radius 1 is 0.647 bits per heavy atom. The van der Waals surface area contributed by atoms with E-state index < -0.39 is 12.8 Å². The summed E-state index contributed by atoms with van der Waals surface area (Å²) in [5.41, 5.74) is 1.51. The minimum atomic E-state index is -0.415. The third-order valence-corrected chi connectivity index (χ3v) is 15.9. The van der Waals surface area contributed by atoms with Crippen LogP contribution in [-0.2, 0) is 38.1 Å². The van der Waals surface area contributed by atoms with E-state index in [1.165, 1.54) is 31.4 Å². The van der Waals surface area contributed by atoms with Crippen molar-refractivity contribution in [3.8, 4) is 23.0 Å². The fourth-order valence-electron chi connectivity index (χ4n) is 9.84. The quantitative estimate of drug-likeness (QED) is 0.00407. The van der Waals surface area contributed by atoms with Gasteiger partial charge in [-0.15, -0.1) is 0 Å². The Morgan fingerprint density at radius 3 is 1.82 bits per heavy atom. The average molecular weight is 1190 g/mol. The summed E-state index contributed by atoms with van der Waals surface area (Å²) in [6.45, 7) is 18.3. The predicted molar refractivity (Wildman–Crippen MR) is 332 cm³/mol. The number of aliphatic hydroxyl groups excluding tert-OH is 2. The number of benzene rings is 3. The van der Waals surface area contributed by atoms with Gasteiger partial charge < -0.3 is 48.5 Å². The number of phenolic OH excluding ortho intramolecular Hbond substituents is 1. The number of esters is 4. The number of aromatic nitrogens is 1. The molecule has 0 amide bonds. The minimum Gasteiger partial charge on any atom is -0.507 e. The van der Waals surface area contributed by atoms with Gasteiger partial charge in [0.05, 0.1) is 60.7 Å². The Labute approximate surface area is 506 Å². The number of fused-ring (bicyclic) bond motifs is 1. The second-order valence-corrected chi connectivity index (χ2v) is 22.6. The van der Waals surface area contributed by atoms with Gasteiger partial charge in [-0.1, -0.05) is 76.0 Å². The Bertz CT molecular complexity index is 2720. The lowest BCUT2D eigenvalue weighted by Gasteiger charge is -2.30. The lowest BCUT2D eigenvalue weighted by Crippen LogP contribution is -2.32. The topological polar surface area (TPSA) is 222 Å². The van der Waals surface area contributed by atoms with E-state index >= 15 is 0 Å². The number of anilines is 1. The van der Waals surface area contributed by atoms with Crippen molar-refractivity contribution in [1.29, 1.82) is 0 Å². The Hall–Kier alpha value is -7.28. The van der Waals surface area contributed by atoms with Crippen LogP contribution in [0.25, 0.3) is 10.2 Å². The van der Waals surface area contributed by atoms with Crippen molar-refractivity contribution >= 4 is 56.8 Å². The number of carbonyl (C=O) groups excluding carboxylic acids is 4. The fourth-order valence-corrected chi connectivity index (χ4v) is 10.8. The van der Waals surface area contributed by atoms with Gasteiger partial charge in [0, 0.05) is 24.3 Å². The number of hydrogen-bond donors (Lipinski definition) is 3. The van der Waals surface area contributed by atoms with Gasteiger partial charge in [0.2, 0.25) is 5.13 Å². The standard InChI is InChI=1S/C23H34O6.C23H32O5.C21H23N3O3S/c1-4-22(25)28-16-8-6-5-7-15-27-18(2)9-10-19(3)29-23(26)21-13-11-20(17-24)12-14-21;1-3-22(24)27-17-7-5-4-6-16-26-20-12-14-21(15-13-20)28-23(25)19-10-8-18(2)9-11-19;25-14-27-17-10-11-19(26)15(12-17)13-22-24(16-6-2-1-3-7-16)21-23-18-8-4-5-9-20(18)28-21/h4,9-10,20-21,24H,1-3,5-8,11-17H2;3,12-15,18-19H,1,4-11,16-17H2,2H3;4-5,8-13,16,25-26H,1-3,6-7,14H2/b10-9-;;22-13+. The first kappa shape index (κ1) is 68.5. The molecule has 462 valence electrons. The van der Waals surface area contributed by atoms with Crippen molar-refractivity contribution in [2.24, 2.45) is 28.8 Å². The molecule has 17 nitrogen and oxygen atoms in total. The van der Waals surface area contributed by atoms with E-state index in [9.17, 15) is 24.3 Å². The fraction of sp³-hybridized carbons (Fsp3) is 0.493. The molecule has 3 fully saturated rings. The van der Waals surface area contributed by atoms with E-state index in [1.807, 2.05) is 35.3 Å². The van der Waals surface area contributed by atoms with Crippen LogP contribution in [0, 0.1) is 23.7 Å². The van der Waals surface area contributed by atoms with Gasteiger partial charge in [-0.2, -0.15) is 5.10 Å². The molecule has 0 radical (unpaired) electrons. The molecule has 7 rings (SSSR count). The largest absolute Gasteiger partial charge is 0.507 e. The van der Waals surface area contributed by atoms with E-state index in [-0.39, 0.29) is 47.9 Å². The van der Waals surface area contributed by atoms with Crippen LogP contribution in [0.1, 0.15) is 147 Å². The zero-order valence-corrected chi connectivity index (χ0v) is 50.4. The average Bonchev–Trinajstić information content (AvgIpc) is 4.20. The third kappa shape index (κ3) is 26.3. The monoisotopic (exact) mass is 1190 g/mol. The van der Waals surface area contributed by atoms with Gasteiger partial charge in [0.1, 0.15) is 34.5 Å². The number of aliphatic hydroxyl groups is 2. The van der Waals surface area contributed by atoms with Crippen LogP contribution in [-0.4, -0.2) is 96.3 Å². The first-order valence-corrected chi connectivity index (χ1v) is 30.9. The zero-order chi connectivity index (χ0) is 61.0. The van der Waals surface area contributed by atoms with Crippen LogP contribution >= 0.6 is 11.3 Å². The number of rotatable bonds is 31. The number of thiazole rings is 1. The summed E-state index contributed by atoms with van der Waals surface area (Å²) in [6.07, 6.45) is 27.6. The number of para-hydroxylation sites is 1. The van der Waals surface area contributed by atoms with Gasteiger partial charge in [-0.25, -0.2) is 19.6 Å². The molecule has 18 heteroatoms. The van der Waals surface area contributed by atoms with Crippen LogP contribution in [0.5, 0.6) is 23.0 Å². The Morgan fingerprint density at radius 2 is 1.21 bits per heavy atom. The molecule has 4 aromatic rings. The number of hydrogen-bond acceptors (Lipinski definition) is 18. The van der Waals surface area contributed by atoms with E-state index in [2.05, 4.69) is 39.3 Å². The molecule has 1 aromatic heterocycles. The van der Waals surface area contributed by atoms with Crippen LogP contribution in [0.4, 0.5) is 5.13 Å². The predicted octanol–water partition coefficient (Wildman–Crippen LogP) is 13.8. The summed E-state index contributed by atoms with van der Waals surface area (Å²) >= 11 is 1.63. The van der Waals surface area contributed by atoms with Gasteiger partial charge in [-0.3, -0.25) is 9.59 Å². The number of allylic oxidation sites excluding steroid dienone is 2. The van der Waals surface area contributed by atoms with Crippen molar-refractivity contribution in [2.45, 2.75) is 148 Å². The van der Waals surface area contributed by atoms with Crippen LogP contribution in [0.2, 0.25) is 0 Å².